The van der Waals surface area contributed by atoms with Crippen molar-refractivity contribution in [2.24, 2.45) is 5.73 Å². The molecule has 1 aliphatic heterocycles. The minimum Gasteiger partial charge on any atom is -0.486 e. The number of benzene rings is 1. The number of nitrogens with zero attached hydrogens (tertiary/aromatic N) is 2. The first-order chi connectivity index (χ1) is 11.3. The van der Waals surface area contributed by atoms with Crippen LogP contribution in [0.4, 0.5) is 0 Å². The lowest BCUT2D eigenvalue weighted by molar-refractivity contribution is 0.171. The average molecular weight is 309 g/mol. The Bertz CT molecular complexity index is 870. The average Bonchev–Trinajstić information content (AvgIpc) is 2.95. The van der Waals surface area contributed by atoms with Crippen molar-refractivity contribution in [2.75, 3.05) is 19.8 Å². The highest BCUT2D eigenvalue weighted by Crippen LogP contribution is 2.35. The van der Waals surface area contributed by atoms with Crippen molar-refractivity contribution < 1.29 is 9.47 Å². The number of rotatable bonds is 3. The minimum absolute atomic E-state index is 0.580. The molecule has 23 heavy (non-hydrogen) atoms. The van der Waals surface area contributed by atoms with Crippen LogP contribution in [0.1, 0.15) is 11.4 Å². The predicted octanol–water partition coefficient (Wildman–Crippen LogP) is 2.58. The Morgan fingerprint density at radius 1 is 1.13 bits per heavy atom. The monoisotopic (exact) mass is 309 g/mol. The van der Waals surface area contributed by atoms with Crippen LogP contribution in [0.5, 0.6) is 11.5 Å². The fourth-order valence-electron chi connectivity index (χ4n) is 3.12. The summed E-state index contributed by atoms with van der Waals surface area (Å²) < 4.78 is 13.5. The van der Waals surface area contributed by atoms with Crippen LogP contribution in [-0.4, -0.2) is 29.1 Å². The van der Waals surface area contributed by atoms with Crippen molar-refractivity contribution >= 4 is 5.65 Å². The second-order valence-electron chi connectivity index (χ2n) is 5.66. The molecule has 5 heteroatoms. The second kappa shape index (κ2) is 5.59. The molecule has 0 fully saturated rings. The summed E-state index contributed by atoms with van der Waals surface area (Å²) in [4.78, 5) is 4.82. The van der Waals surface area contributed by atoms with Gasteiger partial charge in [-0.05, 0) is 43.8 Å². The molecule has 0 spiro atoms. The Morgan fingerprint density at radius 2 is 1.96 bits per heavy atom. The number of fused-ring (bicyclic) bond motifs is 2. The van der Waals surface area contributed by atoms with Gasteiger partial charge >= 0.3 is 0 Å². The van der Waals surface area contributed by atoms with Gasteiger partial charge < -0.3 is 19.6 Å². The van der Waals surface area contributed by atoms with Crippen LogP contribution in [0, 0.1) is 6.92 Å². The predicted molar refractivity (Wildman–Crippen MR) is 89.1 cm³/mol. The van der Waals surface area contributed by atoms with Gasteiger partial charge in [0.1, 0.15) is 18.9 Å². The summed E-state index contributed by atoms with van der Waals surface area (Å²) in [6.07, 6.45) is 0.774. The Morgan fingerprint density at radius 3 is 2.78 bits per heavy atom. The smallest absolute Gasteiger partial charge is 0.162 e. The molecule has 2 N–H and O–H groups in total. The van der Waals surface area contributed by atoms with Gasteiger partial charge in [0.25, 0.3) is 0 Å². The molecule has 0 bridgehead atoms. The Hall–Kier alpha value is -2.53. The maximum absolute atomic E-state index is 5.83. The van der Waals surface area contributed by atoms with Crippen molar-refractivity contribution in [1.82, 2.24) is 9.38 Å². The lowest BCUT2D eigenvalue weighted by atomic mass is 10.1. The lowest BCUT2D eigenvalue weighted by Gasteiger charge is -2.18. The van der Waals surface area contributed by atoms with Crippen molar-refractivity contribution in [1.29, 1.82) is 0 Å². The van der Waals surface area contributed by atoms with Crippen LogP contribution in [0.3, 0.4) is 0 Å². The first-order valence-electron chi connectivity index (χ1n) is 7.85. The molecule has 0 saturated heterocycles. The van der Waals surface area contributed by atoms with Gasteiger partial charge in [0.2, 0.25) is 0 Å². The summed E-state index contributed by atoms with van der Waals surface area (Å²) in [5.41, 5.74) is 11.1. The molecule has 0 radical (unpaired) electrons. The lowest BCUT2D eigenvalue weighted by Crippen LogP contribution is -2.15. The molecule has 1 aliphatic rings. The van der Waals surface area contributed by atoms with Crippen molar-refractivity contribution in [3.63, 3.8) is 0 Å². The fraction of sp³-hybridized carbons (Fsp3) is 0.278. The van der Waals surface area contributed by atoms with E-state index < -0.39 is 0 Å². The molecular weight excluding hydrogens is 290 g/mol. The van der Waals surface area contributed by atoms with E-state index in [0.29, 0.717) is 19.8 Å². The van der Waals surface area contributed by atoms with E-state index in [1.165, 1.54) is 0 Å². The normalized spacial score (nSPS) is 13.5. The summed E-state index contributed by atoms with van der Waals surface area (Å²) in [7, 11) is 0. The largest absolute Gasteiger partial charge is 0.486 e. The zero-order chi connectivity index (χ0) is 15.8. The number of hydrogen-bond acceptors (Lipinski definition) is 4. The molecule has 0 saturated carbocycles. The summed E-state index contributed by atoms with van der Waals surface area (Å²) >= 11 is 0. The molecule has 118 valence electrons. The van der Waals surface area contributed by atoms with E-state index in [0.717, 1.165) is 46.2 Å². The Labute approximate surface area is 134 Å². The SMILES string of the molecule is Cc1cccc2nc(-c3ccc4c(c3)OCCO4)c(CCN)n12. The minimum atomic E-state index is 0.580. The zero-order valence-corrected chi connectivity index (χ0v) is 13.1. The third-order valence-corrected chi connectivity index (χ3v) is 4.13. The Balaban J connectivity index is 1.91. The van der Waals surface area contributed by atoms with Gasteiger partial charge in [-0.2, -0.15) is 0 Å². The molecule has 4 rings (SSSR count). The van der Waals surface area contributed by atoms with Gasteiger partial charge in [0.15, 0.2) is 11.5 Å². The van der Waals surface area contributed by atoms with E-state index in [9.17, 15) is 0 Å². The molecule has 0 aliphatic carbocycles. The highest BCUT2D eigenvalue weighted by atomic mass is 16.6. The number of aryl methyl sites for hydroxylation is 1. The fourth-order valence-corrected chi connectivity index (χ4v) is 3.12. The van der Waals surface area contributed by atoms with Crippen molar-refractivity contribution in [3.8, 4) is 22.8 Å². The number of ether oxygens (including phenoxy) is 2. The molecule has 5 nitrogen and oxygen atoms in total. The first-order valence-corrected chi connectivity index (χ1v) is 7.85. The molecular formula is C18H19N3O2. The molecule has 0 unspecified atom stereocenters. The van der Waals surface area contributed by atoms with Gasteiger partial charge in [-0.15, -0.1) is 0 Å². The van der Waals surface area contributed by atoms with Crippen LogP contribution in [0.25, 0.3) is 16.9 Å². The third kappa shape index (κ3) is 2.33. The van der Waals surface area contributed by atoms with Crippen LogP contribution < -0.4 is 15.2 Å². The van der Waals surface area contributed by atoms with E-state index >= 15 is 0 Å². The van der Waals surface area contributed by atoms with Crippen molar-refractivity contribution in [2.45, 2.75) is 13.3 Å². The summed E-state index contributed by atoms with van der Waals surface area (Å²) in [5.74, 6) is 1.57. The van der Waals surface area contributed by atoms with Crippen molar-refractivity contribution in [3.05, 3.63) is 47.8 Å². The van der Waals surface area contributed by atoms with E-state index in [1.807, 2.05) is 30.3 Å². The molecule has 0 amide bonds. The van der Waals surface area contributed by atoms with Gasteiger partial charge in [-0.1, -0.05) is 6.07 Å². The van der Waals surface area contributed by atoms with Crippen LogP contribution in [0.2, 0.25) is 0 Å². The first kappa shape index (κ1) is 14.1. The maximum atomic E-state index is 5.83. The highest BCUT2D eigenvalue weighted by Gasteiger charge is 2.18. The second-order valence-corrected chi connectivity index (χ2v) is 5.66. The quantitative estimate of drug-likeness (QED) is 0.808. The maximum Gasteiger partial charge on any atom is 0.162 e. The molecule has 3 heterocycles. The number of pyridine rings is 1. The van der Waals surface area contributed by atoms with Crippen LogP contribution in [0.15, 0.2) is 36.4 Å². The number of nitrogens with two attached hydrogens (primary N) is 1. The highest BCUT2D eigenvalue weighted by molar-refractivity contribution is 5.70. The van der Waals surface area contributed by atoms with E-state index in [1.54, 1.807) is 0 Å². The van der Waals surface area contributed by atoms with Gasteiger partial charge in [-0.3, -0.25) is 0 Å². The summed E-state index contributed by atoms with van der Waals surface area (Å²) in [6.45, 7) is 3.84. The van der Waals surface area contributed by atoms with Gasteiger partial charge in [0, 0.05) is 17.7 Å². The third-order valence-electron chi connectivity index (χ3n) is 4.13. The number of aromatic nitrogens is 2. The molecule has 0 atom stereocenters. The van der Waals surface area contributed by atoms with Gasteiger partial charge in [-0.25, -0.2) is 4.98 Å². The van der Waals surface area contributed by atoms with E-state index in [-0.39, 0.29) is 0 Å². The topological polar surface area (TPSA) is 61.8 Å². The zero-order valence-electron chi connectivity index (χ0n) is 13.1. The molecule has 3 aromatic rings. The van der Waals surface area contributed by atoms with E-state index in [4.69, 9.17) is 20.2 Å². The van der Waals surface area contributed by atoms with Crippen LogP contribution >= 0.6 is 0 Å². The molecule has 2 aromatic heterocycles. The number of imidazole rings is 1. The van der Waals surface area contributed by atoms with E-state index in [2.05, 4.69) is 17.4 Å². The standard InChI is InChI=1S/C18H19N3O2/c1-12-3-2-4-17-20-18(14(7-8-19)21(12)17)13-5-6-15-16(11-13)23-10-9-22-15/h2-6,11H,7-10,19H2,1H3. The summed E-state index contributed by atoms with van der Waals surface area (Å²) in [6, 6.07) is 12.1. The van der Waals surface area contributed by atoms with Gasteiger partial charge in [0.05, 0.1) is 11.4 Å². The van der Waals surface area contributed by atoms with Crippen LogP contribution in [-0.2, 0) is 6.42 Å². The Kier molecular flexibility index (Phi) is 3.42. The molecule has 1 aromatic carbocycles. The summed E-state index contributed by atoms with van der Waals surface area (Å²) in [5, 5.41) is 0. The number of hydrogen-bond donors (Lipinski definition) is 1.